The molecule has 0 saturated carbocycles. The van der Waals surface area contributed by atoms with E-state index in [1.54, 1.807) is 37.4 Å². The van der Waals surface area contributed by atoms with Crippen molar-refractivity contribution in [1.29, 1.82) is 0 Å². The Morgan fingerprint density at radius 2 is 1.95 bits per heavy atom. The molecule has 21 heavy (non-hydrogen) atoms. The maximum atomic E-state index is 13.1. The fourth-order valence-electron chi connectivity index (χ4n) is 2.25. The molecule has 0 radical (unpaired) electrons. The van der Waals surface area contributed by atoms with Gasteiger partial charge in [0.25, 0.3) is 11.7 Å². The zero-order valence-corrected chi connectivity index (χ0v) is 11.3. The quantitative estimate of drug-likeness (QED) is 0.814. The average molecular weight is 285 g/mol. The molecule has 1 amide bonds. The fourth-order valence-corrected chi connectivity index (χ4v) is 2.25. The number of rotatable bonds is 3. The Morgan fingerprint density at radius 3 is 2.71 bits per heavy atom. The zero-order chi connectivity index (χ0) is 15.0. The second kappa shape index (κ2) is 5.01. The van der Waals surface area contributed by atoms with Gasteiger partial charge in [-0.2, -0.15) is 0 Å². The fraction of sp³-hybridized carbons (Fsp3) is 0.125. The zero-order valence-electron chi connectivity index (χ0n) is 11.3. The number of benzene rings is 2. The number of halogens is 1. The SMILES string of the molecule is CN1C(=O)C(=O)c2cc(OCc3cccc(F)c3)ccc21. The molecule has 0 aromatic heterocycles. The molecule has 1 heterocycles. The number of anilines is 1. The van der Waals surface area contributed by atoms with Gasteiger partial charge in [0.15, 0.2) is 0 Å². The molecular weight excluding hydrogens is 273 g/mol. The number of Topliss-reactive ketones (excluding diaryl/α,β-unsaturated/α-hetero) is 1. The highest BCUT2D eigenvalue weighted by atomic mass is 19.1. The lowest BCUT2D eigenvalue weighted by molar-refractivity contribution is -0.114. The van der Waals surface area contributed by atoms with Crippen LogP contribution in [0.1, 0.15) is 15.9 Å². The van der Waals surface area contributed by atoms with Crippen molar-refractivity contribution in [3.63, 3.8) is 0 Å². The largest absolute Gasteiger partial charge is 0.489 e. The number of hydrogen-bond acceptors (Lipinski definition) is 3. The van der Waals surface area contributed by atoms with E-state index in [0.29, 0.717) is 22.6 Å². The van der Waals surface area contributed by atoms with Crippen LogP contribution in [0.5, 0.6) is 5.75 Å². The first-order valence-electron chi connectivity index (χ1n) is 6.40. The summed E-state index contributed by atoms with van der Waals surface area (Å²) >= 11 is 0. The molecule has 0 aliphatic carbocycles. The maximum Gasteiger partial charge on any atom is 0.299 e. The van der Waals surface area contributed by atoms with E-state index in [-0.39, 0.29) is 12.4 Å². The second-order valence-electron chi connectivity index (χ2n) is 4.79. The number of carbonyl (C=O) groups excluding carboxylic acids is 2. The van der Waals surface area contributed by atoms with Crippen molar-refractivity contribution in [2.24, 2.45) is 0 Å². The Morgan fingerprint density at radius 1 is 1.14 bits per heavy atom. The van der Waals surface area contributed by atoms with E-state index in [1.165, 1.54) is 17.0 Å². The summed E-state index contributed by atoms with van der Waals surface area (Å²) in [5.74, 6) is -0.946. The van der Waals surface area contributed by atoms with Crippen LogP contribution >= 0.6 is 0 Å². The number of amides is 1. The Balaban J connectivity index is 1.80. The predicted molar refractivity (Wildman–Crippen MR) is 74.9 cm³/mol. The number of likely N-dealkylation sites (N-methyl/N-ethyl adjacent to an activating group) is 1. The highest BCUT2D eigenvalue weighted by Crippen LogP contribution is 2.31. The minimum absolute atomic E-state index is 0.189. The van der Waals surface area contributed by atoms with E-state index in [9.17, 15) is 14.0 Å². The van der Waals surface area contributed by atoms with Gasteiger partial charge in [-0.25, -0.2) is 4.39 Å². The Kier molecular flexibility index (Phi) is 3.17. The highest BCUT2D eigenvalue weighted by Gasteiger charge is 2.33. The Labute approximate surface area is 120 Å². The van der Waals surface area contributed by atoms with Crippen molar-refractivity contribution < 1.29 is 18.7 Å². The molecule has 2 aromatic rings. The molecule has 0 N–H and O–H groups in total. The smallest absolute Gasteiger partial charge is 0.299 e. The molecule has 0 spiro atoms. The van der Waals surface area contributed by atoms with Crippen LogP contribution in [0.2, 0.25) is 0 Å². The lowest BCUT2D eigenvalue weighted by atomic mass is 10.1. The molecule has 5 heteroatoms. The number of carbonyl (C=O) groups is 2. The van der Waals surface area contributed by atoms with Crippen LogP contribution in [0, 0.1) is 5.82 Å². The summed E-state index contributed by atoms with van der Waals surface area (Å²) in [5, 5.41) is 0. The summed E-state index contributed by atoms with van der Waals surface area (Å²) in [6, 6.07) is 11.0. The maximum absolute atomic E-state index is 13.1. The number of fused-ring (bicyclic) bond motifs is 1. The average Bonchev–Trinajstić information content (AvgIpc) is 2.70. The van der Waals surface area contributed by atoms with Gasteiger partial charge in [0.05, 0.1) is 11.3 Å². The van der Waals surface area contributed by atoms with Crippen LogP contribution in [0.25, 0.3) is 0 Å². The number of ketones is 1. The van der Waals surface area contributed by atoms with Crippen molar-refractivity contribution >= 4 is 17.4 Å². The topological polar surface area (TPSA) is 46.6 Å². The van der Waals surface area contributed by atoms with E-state index < -0.39 is 11.7 Å². The van der Waals surface area contributed by atoms with Crippen LogP contribution in [-0.2, 0) is 11.4 Å². The number of hydrogen-bond donors (Lipinski definition) is 0. The van der Waals surface area contributed by atoms with Crippen molar-refractivity contribution in [2.75, 3.05) is 11.9 Å². The number of nitrogens with zero attached hydrogens (tertiary/aromatic N) is 1. The number of ether oxygens (including phenoxy) is 1. The van der Waals surface area contributed by atoms with Gasteiger partial charge in [-0.1, -0.05) is 12.1 Å². The van der Waals surface area contributed by atoms with E-state index in [1.807, 2.05) is 0 Å². The van der Waals surface area contributed by atoms with Crippen LogP contribution in [0.15, 0.2) is 42.5 Å². The Hall–Kier alpha value is -2.69. The van der Waals surface area contributed by atoms with Gasteiger partial charge in [-0.3, -0.25) is 9.59 Å². The molecule has 0 fully saturated rings. The van der Waals surface area contributed by atoms with E-state index in [4.69, 9.17) is 4.74 Å². The first-order valence-corrected chi connectivity index (χ1v) is 6.40. The summed E-state index contributed by atoms with van der Waals surface area (Å²) in [4.78, 5) is 24.7. The second-order valence-corrected chi connectivity index (χ2v) is 4.79. The van der Waals surface area contributed by atoms with Gasteiger partial charge < -0.3 is 9.64 Å². The van der Waals surface area contributed by atoms with Gasteiger partial charge in [0, 0.05) is 7.05 Å². The van der Waals surface area contributed by atoms with Crippen molar-refractivity contribution in [1.82, 2.24) is 0 Å². The molecule has 0 saturated heterocycles. The minimum atomic E-state index is -0.549. The van der Waals surface area contributed by atoms with Crippen molar-refractivity contribution in [2.45, 2.75) is 6.61 Å². The van der Waals surface area contributed by atoms with Crippen molar-refractivity contribution in [3.8, 4) is 5.75 Å². The molecule has 0 bridgehead atoms. The standard InChI is InChI=1S/C16H12FNO3/c1-18-14-6-5-12(8-13(14)15(19)16(18)20)21-9-10-3-2-4-11(17)7-10/h2-8H,9H2,1H3. The summed E-state index contributed by atoms with van der Waals surface area (Å²) in [7, 11) is 1.55. The third kappa shape index (κ3) is 2.38. The van der Waals surface area contributed by atoms with E-state index >= 15 is 0 Å². The van der Waals surface area contributed by atoms with Crippen LogP contribution < -0.4 is 9.64 Å². The van der Waals surface area contributed by atoms with Crippen LogP contribution in [0.3, 0.4) is 0 Å². The molecule has 3 rings (SSSR count). The predicted octanol–water partition coefficient (Wildman–Crippen LogP) is 2.56. The first kappa shape index (κ1) is 13.3. The lowest BCUT2D eigenvalue weighted by Gasteiger charge is -2.10. The third-order valence-electron chi connectivity index (χ3n) is 3.37. The van der Waals surface area contributed by atoms with Crippen LogP contribution in [-0.4, -0.2) is 18.7 Å². The summed E-state index contributed by atoms with van der Waals surface area (Å²) in [6.07, 6.45) is 0. The van der Waals surface area contributed by atoms with Crippen LogP contribution in [0.4, 0.5) is 10.1 Å². The third-order valence-corrected chi connectivity index (χ3v) is 3.37. The molecule has 106 valence electrons. The van der Waals surface area contributed by atoms with Gasteiger partial charge in [0.2, 0.25) is 0 Å². The van der Waals surface area contributed by atoms with E-state index in [0.717, 1.165) is 0 Å². The molecule has 0 atom stereocenters. The molecule has 1 aliphatic rings. The molecule has 2 aromatic carbocycles. The minimum Gasteiger partial charge on any atom is -0.489 e. The van der Waals surface area contributed by atoms with Gasteiger partial charge in [0.1, 0.15) is 18.2 Å². The van der Waals surface area contributed by atoms with Crippen molar-refractivity contribution in [3.05, 3.63) is 59.4 Å². The molecule has 1 aliphatic heterocycles. The first-order chi connectivity index (χ1) is 10.1. The normalized spacial score (nSPS) is 13.5. The van der Waals surface area contributed by atoms with Gasteiger partial charge in [-0.05, 0) is 35.9 Å². The summed E-state index contributed by atoms with van der Waals surface area (Å²) in [5.41, 5.74) is 1.59. The Bertz CT molecular complexity index is 742. The monoisotopic (exact) mass is 285 g/mol. The highest BCUT2D eigenvalue weighted by molar-refractivity contribution is 6.52. The molecule has 4 nitrogen and oxygen atoms in total. The molecule has 0 unspecified atom stereocenters. The van der Waals surface area contributed by atoms with Gasteiger partial charge in [-0.15, -0.1) is 0 Å². The summed E-state index contributed by atoms with van der Waals surface area (Å²) < 4.78 is 18.6. The van der Waals surface area contributed by atoms with Gasteiger partial charge >= 0.3 is 0 Å². The summed E-state index contributed by atoms with van der Waals surface area (Å²) in [6.45, 7) is 0.189. The molecular formula is C16H12FNO3. The lowest BCUT2D eigenvalue weighted by Crippen LogP contribution is -2.24. The van der Waals surface area contributed by atoms with E-state index in [2.05, 4.69) is 0 Å².